The van der Waals surface area contributed by atoms with Crippen LogP contribution in [0.25, 0.3) is 0 Å². The molecule has 1 unspecified atom stereocenters. The Kier molecular flexibility index (Phi) is 4.62. The maximum Gasteiger partial charge on any atom is 0.416 e. The molecule has 0 radical (unpaired) electrons. The van der Waals surface area contributed by atoms with E-state index >= 15 is 0 Å². The summed E-state index contributed by atoms with van der Waals surface area (Å²) in [5, 5.41) is 10.9. The van der Waals surface area contributed by atoms with Crippen molar-refractivity contribution in [2.24, 2.45) is 0 Å². The van der Waals surface area contributed by atoms with Crippen LogP contribution >= 0.6 is 0 Å². The molecule has 0 spiro atoms. The van der Waals surface area contributed by atoms with Crippen molar-refractivity contribution < 1.29 is 13.2 Å². The van der Waals surface area contributed by atoms with Gasteiger partial charge in [0.05, 0.1) is 23.5 Å². The van der Waals surface area contributed by atoms with E-state index in [4.69, 9.17) is 0 Å². The van der Waals surface area contributed by atoms with E-state index in [-0.39, 0.29) is 6.04 Å². The van der Waals surface area contributed by atoms with Gasteiger partial charge in [0.15, 0.2) is 0 Å². The molecule has 1 aromatic carbocycles. The second-order valence-electron chi connectivity index (χ2n) is 4.73. The van der Waals surface area contributed by atoms with Crippen molar-refractivity contribution in [1.29, 1.82) is 0 Å². The molecule has 1 heterocycles. The van der Waals surface area contributed by atoms with Crippen molar-refractivity contribution in [3.05, 3.63) is 47.3 Å². The number of rotatable bonds is 5. The first-order valence-electron chi connectivity index (χ1n) is 6.70. The zero-order valence-corrected chi connectivity index (χ0v) is 11.9. The molecule has 1 N–H and O–H groups in total. The SMILES string of the molecule is CCCn1nncc1C(NC)c1cccc(C(F)(F)F)c1. The molecular formula is C14H17F3N4. The lowest BCUT2D eigenvalue weighted by Crippen LogP contribution is -2.22. The highest BCUT2D eigenvalue weighted by molar-refractivity contribution is 5.32. The molecule has 0 aliphatic heterocycles. The largest absolute Gasteiger partial charge is 0.416 e. The summed E-state index contributed by atoms with van der Waals surface area (Å²) < 4.78 is 40.2. The second-order valence-corrected chi connectivity index (χ2v) is 4.73. The Hall–Kier alpha value is -1.89. The van der Waals surface area contributed by atoms with Crippen LogP contribution in [0.5, 0.6) is 0 Å². The minimum Gasteiger partial charge on any atom is -0.308 e. The second kappa shape index (κ2) is 6.26. The smallest absolute Gasteiger partial charge is 0.308 e. The van der Waals surface area contributed by atoms with Crippen LogP contribution in [0.4, 0.5) is 13.2 Å². The molecule has 7 heteroatoms. The van der Waals surface area contributed by atoms with Gasteiger partial charge in [-0.05, 0) is 31.2 Å². The Labute approximate surface area is 121 Å². The van der Waals surface area contributed by atoms with Crippen LogP contribution in [-0.4, -0.2) is 22.0 Å². The maximum absolute atomic E-state index is 12.8. The van der Waals surface area contributed by atoms with Gasteiger partial charge in [-0.3, -0.25) is 0 Å². The molecule has 0 aliphatic rings. The van der Waals surface area contributed by atoms with Crippen LogP contribution in [0.1, 0.15) is 36.2 Å². The number of aryl methyl sites for hydroxylation is 1. The van der Waals surface area contributed by atoms with Gasteiger partial charge in [0.25, 0.3) is 0 Å². The molecule has 0 saturated heterocycles. The Morgan fingerprint density at radius 2 is 2.10 bits per heavy atom. The predicted octanol–water partition coefficient (Wildman–Crippen LogP) is 3.02. The van der Waals surface area contributed by atoms with Gasteiger partial charge in [0, 0.05) is 6.54 Å². The molecule has 0 amide bonds. The number of aromatic nitrogens is 3. The molecule has 2 rings (SSSR count). The van der Waals surface area contributed by atoms with Crippen LogP contribution in [0.15, 0.2) is 30.5 Å². The van der Waals surface area contributed by atoms with Crippen molar-refractivity contribution >= 4 is 0 Å². The molecular weight excluding hydrogens is 281 g/mol. The molecule has 2 aromatic rings. The molecule has 0 saturated carbocycles. The Balaban J connectivity index is 2.40. The fourth-order valence-electron chi connectivity index (χ4n) is 2.25. The first-order chi connectivity index (χ1) is 9.97. The maximum atomic E-state index is 12.8. The Bertz CT molecular complexity index is 592. The van der Waals surface area contributed by atoms with E-state index in [0.717, 1.165) is 24.2 Å². The van der Waals surface area contributed by atoms with Crippen LogP contribution in [0, 0.1) is 0 Å². The van der Waals surface area contributed by atoms with Gasteiger partial charge < -0.3 is 5.32 Å². The van der Waals surface area contributed by atoms with E-state index < -0.39 is 11.7 Å². The van der Waals surface area contributed by atoms with E-state index in [9.17, 15) is 13.2 Å². The van der Waals surface area contributed by atoms with Crippen molar-refractivity contribution in [2.75, 3.05) is 7.05 Å². The average molecular weight is 298 g/mol. The number of benzene rings is 1. The Morgan fingerprint density at radius 3 is 2.71 bits per heavy atom. The van der Waals surface area contributed by atoms with Gasteiger partial charge in [-0.1, -0.05) is 24.3 Å². The van der Waals surface area contributed by atoms with Crippen molar-refractivity contribution in [2.45, 2.75) is 32.1 Å². The summed E-state index contributed by atoms with van der Waals surface area (Å²) in [5.74, 6) is 0. The van der Waals surface area contributed by atoms with Gasteiger partial charge >= 0.3 is 6.18 Å². The molecule has 4 nitrogen and oxygen atoms in total. The lowest BCUT2D eigenvalue weighted by molar-refractivity contribution is -0.137. The molecule has 1 aromatic heterocycles. The highest BCUT2D eigenvalue weighted by Crippen LogP contribution is 2.31. The van der Waals surface area contributed by atoms with Gasteiger partial charge in [-0.25, -0.2) is 4.68 Å². The highest BCUT2D eigenvalue weighted by Gasteiger charge is 2.31. The van der Waals surface area contributed by atoms with Crippen LogP contribution < -0.4 is 5.32 Å². The Morgan fingerprint density at radius 1 is 1.33 bits per heavy atom. The van der Waals surface area contributed by atoms with E-state index in [1.807, 2.05) is 6.92 Å². The number of nitrogens with one attached hydrogen (secondary N) is 1. The number of hydrogen-bond donors (Lipinski definition) is 1. The zero-order valence-electron chi connectivity index (χ0n) is 11.9. The van der Waals surface area contributed by atoms with Crippen molar-refractivity contribution in [3.8, 4) is 0 Å². The minimum atomic E-state index is -4.35. The normalized spacial score (nSPS) is 13.4. The zero-order chi connectivity index (χ0) is 15.5. The highest BCUT2D eigenvalue weighted by atomic mass is 19.4. The lowest BCUT2D eigenvalue weighted by atomic mass is 10.0. The monoisotopic (exact) mass is 298 g/mol. The molecule has 21 heavy (non-hydrogen) atoms. The number of halogens is 3. The van der Waals surface area contributed by atoms with Crippen LogP contribution in [-0.2, 0) is 12.7 Å². The van der Waals surface area contributed by atoms with E-state index in [2.05, 4.69) is 15.6 Å². The fraction of sp³-hybridized carbons (Fsp3) is 0.429. The predicted molar refractivity (Wildman–Crippen MR) is 72.7 cm³/mol. The quantitative estimate of drug-likeness (QED) is 0.922. The first-order valence-corrected chi connectivity index (χ1v) is 6.70. The summed E-state index contributed by atoms with van der Waals surface area (Å²) in [4.78, 5) is 0. The summed E-state index contributed by atoms with van der Waals surface area (Å²) in [6.45, 7) is 2.68. The molecule has 0 fully saturated rings. The number of alkyl halides is 3. The first kappa shape index (κ1) is 15.5. The summed E-state index contributed by atoms with van der Waals surface area (Å²) in [7, 11) is 1.70. The number of hydrogen-bond acceptors (Lipinski definition) is 3. The topological polar surface area (TPSA) is 42.7 Å². The lowest BCUT2D eigenvalue weighted by Gasteiger charge is -2.19. The molecule has 114 valence electrons. The standard InChI is InChI=1S/C14H17F3N4/c1-3-7-21-12(9-19-20-21)13(18-2)10-5-4-6-11(8-10)14(15,16)17/h4-6,8-9,13,18H,3,7H2,1-2H3. The summed E-state index contributed by atoms with van der Waals surface area (Å²) in [6.07, 6.45) is -1.90. The summed E-state index contributed by atoms with van der Waals surface area (Å²) >= 11 is 0. The van der Waals surface area contributed by atoms with Gasteiger partial charge in [-0.15, -0.1) is 5.10 Å². The van der Waals surface area contributed by atoms with Crippen LogP contribution in [0.2, 0.25) is 0 Å². The summed E-state index contributed by atoms with van der Waals surface area (Å²) in [5.41, 5.74) is 0.625. The summed E-state index contributed by atoms with van der Waals surface area (Å²) in [6, 6.07) is 4.92. The van der Waals surface area contributed by atoms with Crippen molar-refractivity contribution in [1.82, 2.24) is 20.3 Å². The average Bonchev–Trinajstić information content (AvgIpc) is 2.88. The van der Waals surface area contributed by atoms with E-state index in [1.54, 1.807) is 24.0 Å². The van der Waals surface area contributed by atoms with Gasteiger partial charge in [0.2, 0.25) is 0 Å². The fourth-order valence-corrected chi connectivity index (χ4v) is 2.25. The van der Waals surface area contributed by atoms with Gasteiger partial charge in [0.1, 0.15) is 0 Å². The molecule has 0 aliphatic carbocycles. The third-order valence-electron chi connectivity index (χ3n) is 3.21. The van der Waals surface area contributed by atoms with E-state index in [1.165, 1.54) is 6.07 Å². The number of nitrogens with zero attached hydrogens (tertiary/aromatic N) is 3. The van der Waals surface area contributed by atoms with Crippen LogP contribution in [0.3, 0.4) is 0 Å². The van der Waals surface area contributed by atoms with E-state index in [0.29, 0.717) is 12.1 Å². The van der Waals surface area contributed by atoms with Gasteiger partial charge in [-0.2, -0.15) is 13.2 Å². The minimum absolute atomic E-state index is 0.381. The van der Waals surface area contributed by atoms with Crippen molar-refractivity contribution in [3.63, 3.8) is 0 Å². The molecule has 1 atom stereocenters. The molecule has 0 bridgehead atoms. The third-order valence-corrected chi connectivity index (χ3v) is 3.21. The third kappa shape index (κ3) is 3.41.